The Kier molecular flexibility index (Phi) is 5.90. The zero-order chi connectivity index (χ0) is 14.3. The van der Waals surface area contributed by atoms with Gasteiger partial charge in [-0.3, -0.25) is 0 Å². The predicted octanol–water partition coefficient (Wildman–Crippen LogP) is 4.54. The molecule has 1 saturated carbocycles. The molecule has 1 fully saturated rings. The molecule has 0 saturated heterocycles. The van der Waals surface area contributed by atoms with E-state index in [0.717, 1.165) is 31.9 Å². The van der Waals surface area contributed by atoms with Crippen LogP contribution in [0.15, 0.2) is 24.3 Å². The zero-order valence-electron chi connectivity index (χ0n) is 13.1. The van der Waals surface area contributed by atoms with Crippen LogP contribution < -0.4 is 10.1 Å². The van der Waals surface area contributed by atoms with Crippen molar-refractivity contribution in [2.45, 2.75) is 58.9 Å². The molecule has 0 aromatic heterocycles. The summed E-state index contributed by atoms with van der Waals surface area (Å²) in [5.74, 6) is 0.981. The van der Waals surface area contributed by atoms with Gasteiger partial charge in [0.1, 0.15) is 5.75 Å². The van der Waals surface area contributed by atoms with Crippen molar-refractivity contribution in [1.29, 1.82) is 0 Å². The van der Waals surface area contributed by atoms with Crippen molar-refractivity contribution in [2.75, 3.05) is 13.2 Å². The van der Waals surface area contributed by atoms with Crippen LogP contribution in [0.4, 0.5) is 0 Å². The van der Waals surface area contributed by atoms with Crippen molar-refractivity contribution in [3.8, 4) is 5.75 Å². The lowest BCUT2D eigenvalue weighted by Crippen LogP contribution is -2.33. The van der Waals surface area contributed by atoms with Gasteiger partial charge in [-0.1, -0.05) is 45.2 Å². The molecule has 0 aliphatic heterocycles. The normalized spacial score (nSPS) is 17.9. The third kappa shape index (κ3) is 4.82. The van der Waals surface area contributed by atoms with E-state index in [1.165, 1.54) is 37.7 Å². The highest BCUT2D eigenvalue weighted by Crippen LogP contribution is 2.34. The fraction of sp³-hybridized carbons (Fsp3) is 0.667. The summed E-state index contributed by atoms with van der Waals surface area (Å²) in [5.41, 5.74) is 1.86. The van der Waals surface area contributed by atoms with Crippen LogP contribution in [-0.2, 0) is 6.54 Å². The summed E-state index contributed by atoms with van der Waals surface area (Å²) in [4.78, 5) is 0. The maximum atomic E-state index is 5.61. The Morgan fingerprint density at radius 2 is 1.80 bits per heavy atom. The van der Waals surface area contributed by atoms with Gasteiger partial charge in [0.15, 0.2) is 0 Å². The fourth-order valence-corrected chi connectivity index (χ4v) is 3.01. The highest BCUT2D eigenvalue weighted by Gasteiger charge is 2.25. The van der Waals surface area contributed by atoms with Gasteiger partial charge in [0, 0.05) is 13.1 Å². The molecule has 0 spiro atoms. The maximum absolute atomic E-state index is 5.61. The van der Waals surface area contributed by atoms with E-state index in [9.17, 15) is 0 Å². The SMILES string of the molecule is CCCOc1ccc(CNCC2(C)CCCCC2)cc1. The molecule has 0 radical (unpaired) electrons. The van der Waals surface area contributed by atoms with Gasteiger partial charge in [-0.2, -0.15) is 0 Å². The molecule has 2 heteroatoms. The number of rotatable bonds is 7. The Balaban J connectivity index is 1.73. The maximum Gasteiger partial charge on any atom is 0.119 e. The smallest absolute Gasteiger partial charge is 0.119 e. The van der Waals surface area contributed by atoms with E-state index in [2.05, 4.69) is 43.4 Å². The van der Waals surface area contributed by atoms with Crippen molar-refractivity contribution >= 4 is 0 Å². The highest BCUT2D eigenvalue weighted by molar-refractivity contribution is 5.27. The van der Waals surface area contributed by atoms with Crippen LogP contribution in [-0.4, -0.2) is 13.2 Å². The Morgan fingerprint density at radius 3 is 2.45 bits per heavy atom. The summed E-state index contributed by atoms with van der Waals surface area (Å²) in [6.07, 6.45) is 8.05. The van der Waals surface area contributed by atoms with Crippen LogP contribution in [0, 0.1) is 5.41 Å². The first-order valence-electron chi connectivity index (χ1n) is 8.14. The van der Waals surface area contributed by atoms with Gasteiger partial charge in [0.2, 0.25) is 0 Å². The van der Waals surface area contributed by atoms with Crippen molar-refractivity contribution < 1.29 is 4.74 Å². The van der Waals surface area contributed by atoms with Gasteiger partial charge in [-0.05, 0) is 42.4 Å². The monoisotopic (exact) mass is 275 g/mol. The van der Waals surface area contributed by atoms with Gasteiger partial charge in [-0.15, -0.1) is 0 Å². The molecule has 1 N–H and O–H groups in total. The minimum atomic E-state index is 0.516. The Bertz CT molecular complexity index is 379. The molecule has 1 aromatic carbocycles. The van der Waals surface area contributed by atoms with Crippen molar-refractivity contribution in [1.82, 2.24) is 5.32 Å². The van der Waals surface area contributed by atoms with Gasteiger partial charge in [0.25, 0.3) is 0 Å². The van der Waals surface area contributed by atoms with Crippen LogP contribution in [0.2, 0.25) is 0 Å². The molecule has 2 nitrogen and oxygen atoms in total. The second-order valence-corrected chi connectivity index (χ2v) is 6.47. The third-order valence-corrected chi connectivity index (χ3v) is 4.34. The van der Waals surface area contributed by atoms with Gasteiger partial charge in [0.05, 0.1) is 6.61 Å². The number of hydrogen-bond donors (Lipinski definition) is 1. The Morgan fingerprint density at radius 1 is 1.10 bits per heavy atom. The molecule has 112 valence electrons. The minimum Gasteiger partial charge on any atom is -0.494 e. The summed E-state index contributed by atoms with van der Waals surface area (Å²) < 4.78 is 5.61. The summed E-state index contributed by atoms with van der Waals surface area (Å²) in [6, 6.07) is 8.49. The van der Waals surface area contributed by atoms with Crippen molar-refractivity contribution in [3.63, 3.8) is 0 Å². The van der Waals surface area contributed by atoms with Crippen LogP contribution in [0.5, 0.6) is 5.75 Å². The summed E-state index contributed by atoms with van der Waals surface area (Å²) >= 11 is 0. The van der Waals surface area contributed by atoms with E-state index in [4.69, 9.17) is 4.74 Å². The molecule has 0 heterocycles. The van der Waals surface area contributed by atoms with Crippen LogP contribution in [0.3, 0.4) is 0 Å². The summed E-state index contributed by atoms with van der Waals surface area (Å²) in [7, 11) is 0. The van der Waals surface area contributed by atoms with Crippen LogP contribution >= 0.6 is 0 Å². The van der Waals surface area contributed by atoms with E-state index in [0.29, 0.717) is 5.41 Å². The number of hydrogen-bond acceptors (Lipinski definition) is 2. The molecular formula is C18H29NO. The predicted molar refractivity (Wildman–Crippen MR) is 85.1 cm³/mol. The van der Waals surface area contributed by atoms with E-state index >= 15 is 0 Å². The lowest BCUT2D eigenvalue weighted by Gasteiger charge is -2.33. The van der Waals surface area contributed by atoms with Gasteiger partial charge in [-0.25, -0.2) is 0 Å². The number of ether oxygens (including phenoxy) is 1. The van der Waals surface area contributed by atoms with Crippen LogP contribution in [0.25, 0.3) is 0 Å². The fourth-order valence-electron chi connectivity index (χ4n) is 3.01. The first-order chi connectivity index (χ1) is 9.72. The third-order valence-electron chi connectivity index (χ3n) is 4.34. The standard InChI is InChI=1S/C18H29NO/c1-3-13-20-17-9-7-16(8-10-17)14-19-15-18(2)11-5-4-6-12-18/h7-10,19H,3-6,11-15H2,1-2H3. The Hall–Kier alpha value is -1.02. The average molecular weight is 275 g/mol. The van der Waals surface area contributed by atoms with Crippen molar-refractivity contribution in [2.24, 2.45) is 5.41 Å². The topological polar surface area (TPSA) is 21.3 Å². The largest absolute Gasteiger partial charge is 0.494 e. The molecular weight excluding hydrogens is 246 g/mol. The lowest BCUT2D eigenvalue weighted by molar-refractivity contribution is 0.207. The average Bonchev–Trinajstić information content (AvgIpc) is 2.47. The molecule has 0 amide bonds. The molecule has 0 atom stereocenters. The second-order valence-electron chi connectivity index (χ2n) is 6.47. The zero-order valence-corrected chi connectivity index (χ0v) is 13.1. The molecule has 0 bridgehead atoms. The molecule has 1 aliphatic carbocycles. The first-order valence-corrected chi connectivity index (χ1v) is 8.14. The number of benzene rings is 1. The van der Waals surface area contributed by atoms with Crippen molar-refractivity contribution in [3.05, 3.63) is 29.8 Å². The molecule has 2 rings (SSSR count). The lowest BCUT2D eigenvalue weighted by atomic mass is 9.76. The van der Waals surface area contributed by atoms with Gasteiger partial charge >= 0.3 is 0 Å². The first kappa shape index (κ1) is 15.4. The van der Waals surface area contributed by atoms with E-state index in [-0.39, 0.29) is 0 Å². The Labute approximate surface area is 123 Å². The van der Waals surface area contributed by atoms with E-state index in [1.807, 2.05) is 0 Å². The summed E-state index contributed by atoms with van der Waals surface area (Å²) in [5, 5.41) is 3.63. The van der Waals surface area contributed by atoms with Crippen LogP contribution in [0.1, 0.15) is 57.9 Å². The minimum absolute atomic E-state index is 0.516. The highest BCUT2D eigenvalue weighted by atomic mass is 16.5. The molecule has 20 heavy (non-hydrogen) atoms. The molecule has 1 aromatic rings. The summed E-state index contributed by atoms with van der Waals surface area (Å²) in [6.45, 7) is 7.46. The van der Waals surface area contributed by atoms with E-state index < -0.39 is 0 Å². The number of nitrogens with one attached hydrogen (secondary N) is 1. The second kappa shape index (κ2) is 7.68. The quantitative estimate of drug-likeness (QED) is 0.789. The van der Waals surface area contributed by atoms with Gasteiger partial charge < -0.3 is 10.1 Å². The van der Waals surface area contributed by atoms with E-state index in [1.54, 1.807) is 0 Å². The molecule has 0 unspecified atom stereocenters. The molecule has 1 aliphatic rings.